The first-order valence-electron chi connectivity index (χ1n) is 9.51. The number of fused-ring (bicyclic) bond motifs is 1. The van der Waals surface area contributed by atoms with Crippen molar-refractivity contribution >= 4 is 23.0 Å². The van der Waals surface area contributed by atoms with Crippen LogP contribution in [0.15, 0.2) is 52.8 Å². The normalized spacial score (nSPS) is 12.0. The first kappa shape index (κ1) is 20.2. The lowest BCUT2D eigenvalue weighted by atomic mass is 9.91. The molecule has 0 fully saturated rings. The van der Waals surface area contributed by atoms with Gasteiger partial charge in [0.1, 0.15) is 17.0 Å². The van der Waals surface area contributed by atoms with Gasteiger partial charge in [0, 0.05) is 17.7 Å². The van der Waals surface area contributed by atoms with Crippen LogP contribution in [-0.2, 0) is 5.41 Å². The minimum atomic E-state index is -1.08. The lowest BCUT2D eigenvalue weighted by molar-refractivity contribution is 0.0693. The third-order valence-corrected chi connectivity index (χ3v) is 4.66. The highest BCUT2D eigenvalue weighted by Crippen LogP contribution is 2.36. The molecule has 1 aromatic carbocycles. The number of carboxylic acids is 1. The first-order chi connectivity index (χ1) is 14.8. The molecule has 0 amide bonds. The Bertz CT molecular complexity index is 1280. The summed E-state index contributed by atoms with van der Waals surface area (Å²) in [5.74, 6) is -0.303. The standard InChI is InChI=1S/C21H21N7O3/c1-21(2,3)17-16(24-23-12-8-9-13(20(29)30)15(11-12)31-4)19-26-25-18(28(19)27-17)14-7-5-6-10-22-14/h5-11,27H,1-4H3,(H,29,30). The van der Waals surface area contributed by atoms with Crippen LogP contribution in [-0.4, -0.2) is 43.0 Å². The molecule has 10 heteroatoms. The second kappa shape index (κ2) is 7.63. The second-order valence-corrected chi connectivity index (χ2v) is 7.87. The van der Waals surface area contributed by atoms with E-state index in [9.17, 15) is 9.90 Å². The smallest absolute Gasteiger partial charge is 0.339 e. The molecule has 0 aliphatic heterocycles. The monoisotopic (exact) mass is 419 g/mol. The Kier molecular flexibility index (Phi) is 4.97. The maximum absolute atomic E-state index is 11.3. The number of azo groups is 1. The van der Waals surface area contributed by atoms with Crippen molar-refractivity contribution in [1.29, 1.82) is 0 Å². The largest absolute Gasteiger partial charge is 0.496 e. The van der Waals surface area contributed by atoms with Crippen LogP contribution in [0.1, 0.15) is 36.8 Å². The van der Waals surface area contributed by atoms with Gasteiger partial charge in [-0.05, 0) is 24.3 Å². The van der Waals surface area contributed by atoms with Gasteiger partial charge in [-0.1, -0.05) is 26.8 Å². The maximum atomic E-state index is 11.3. The van der Waals surface area contributed by atoms with E-state index in [1.165, 1.54) is 19.2 Å². The van der Waals surface area contributed by atoms with Crippen molar-refractivity contribution in [3.63, 3.8) is 0 Å². The van der Waals surface area contributed by atoms with Gasteiger partial charge in [0.05, 0.1) is 18.5 Å². The molecule has 0 aliphatic carbocycles. The Labute approximate surface area is 177 Å². The molecule has 0 unspecified atom stereocenters. The molecular formula is C21H21N7O3. The van der Waals surface area contributed by atoms with Gasteiger partial charge < -0.3 is 9.84 Å². The van der Waals surface area contributed by atoms with Crippen LogP contribution >= 0.6 is 0 Å². The van der Waals surface area contributed by atoms with Crippen LogP contribution in [0.3, 0.4) is 0 Å². The average molecular weight is 419 g/mol. The van der Waals surface area contributed by atoms with E-state index in [-0.39, 0.29) is 16.7 Å². The van der Waals surface area contributed by atoms with E-state index in [0.29, 0.717) is 28.5 Å². The molecule has 2 N–H and O–H groups in total. The SMILES string of the molecule is COc1cc(N=Nc2c(C(C)(C)C)[nH]n3c(-c4ccccn4)nnc23)ccc1C(=O)O. The number of carboxylic acid groups (broad SMARTS) is 1. The molecule has 10 nitrogen and oxygen atoms in total. The van der Waals surface area contributed by atoms with Crippen LogP contribution < -0.4 is 4.74 Å². The summed E-state index contributed by atoms with van der Waals surface area (Å²) in [5, 5.41) is 29.9. The number of H-pyrrole nitrogens is 1. The van der Waals surface area contributed by atoms with Crippen molar-refractivity contribution in [3.8, 4) is 17.3 Å². The van der Waals surface area contributed by atoms with Gasteiger partial charge in [-0.2, -0.15) is 5.11 Å². The van der Waals surface area contributed by atoms with Crippen LogP contribution in [0, 0.1) is 0 Å². The summed E-state index contributed by atoms with van der Waals surface area (Å²) in [6, 6.07) is 10.1. The molecule has 4 rings (SSSR count). The average Bonchev–Trinajstić information content (AvgIpc) is 3.32. The molecule has 31 heavy (non-hydrogen) atoms. The molecule has 4 aromatic rings. The first-order valence-corrected chi connectivity index (χ1v) is 9.51. The Morgan fingerprint density at radius 1 is 1.16 bits per heavy atom. The number of rotatable bonds is 5. The summed E-state index contributed by atoms with van der Waals surface area (Å²) in [6.45, 7) is 6.15. The summed E-state index contributed by atoms with van der Waals surface area (Å²) in [5.41, 5.74) is 2.79. The molecule has 0 aliphatic rings. The third-order valence-electron chi connectivity index (χ3n) is 4.66. The minimum absolute atomic E-state index is 0.0540. The minimum Gasteiger partial charge on any atom is -0.496 e. The lowest BCUT2D eigenvalue weighted by Gasteiger charge is -2.16. The highest BCUT2D eigenvalue weighted by Gasteiger charge is 2.26. The van der Waals surface area contributed by atoms with Gasteiger partial charge >= 0.3 is 5.97 Å². The molecule has 0 bridgehead atoms. The zero-order chi connectivity index (χ0) is 22.2. The van der Waals surface area contributed by atoms with E-state index >= 15 is 0 Å². The number of hydrogen-bond acceptors (Lipinski definition) is 7. The van der Waals surface area contributed by atoms with Crippen LogP contribution in [0.2, 0.25) is 0 Å². The molecule has 0 spiro atoms. The predicted molar refractivity (Wildman–Crippen MR) is 113 cm³/mol. The van der Waals surface area contributed by atoms with Crippen molar-refractivity contribution in [2.45, 2.75) is 26.2 Å². The number of aromatic amines is 1. The van der Waals surface area contributed by atoms with Crippen LogP contribution in [0.25, 0.3) is 17.2 Å². The molecule has 0 saturated heterocycles. The molecule has 158 valence electrons. The van der Waals surface area contributed by atoms with E-state index in [0.717, 1.165) is 5.69 Å². The zero-order valence-electron chi connectivity index (χ0n) is 17.5. The highest BCUT2D eigenvalue weighted by atomic mass is 16.5. The highest BCUT2D eigenvalue weighted by molar-refractivity contribution is 5.91. The Morgan fingerprint density at radius 2 is 1.97 bits per heavy atom. The predicted octanol–water partition coefficient (Wildman–Crippen LogP) is 4.54. The molecule has 0 atom stereocenters. The van der Waals surface area contributed by atoms with Gasteiger partial charge in [0.15, 0.2) is 5.69 Å². The quantitative estimate of drug-likeness (QED) is 0.457. The Balaban J connectivity index is 1.82. The van der Waals surface area contributed by atoms with Crippen molar-refractivity contribution in [2.24, 2.45) is 10.2 Å². The number of ether oxygens (including phenoxy) is 1. The molecule has 0 saturated carbocycles. The van der Waals surface area contributed by atoms with E-state index in [1.54, 1.807) is 16.8 Å². The molecule has 3 aromatic heterocycles. The summed E-state index contributed by atoms with van der Waals surface area (Å²) in [6.07, 6.45) is 1.69. The Morgan fingerprint density at radius 3 is 2.61 bits per heavy atom. The molecule has 3 heterocycles. The van der Waals surface area contributed by atoms with E-state index in [4.69, 9.17) is 4.74 Å². The number of nitrogens with one attached hydrogen (secondary N) is 1. The maximum Gasteiger partial charge on any atom is 0.339 e. The number of hydrogen-bond donors (Lipinski definition) is 2. The van der Waals surface area contributed by atoms with E-state index in [1.807, 2.05) is 18.2 Å². The molecule has 0 radical (unpaired) electrons. The number of nitrogens with zero attached hydrogens (tertiary/aromatic N) is 6. The van der Waals surface area contributed by atoms with E-state index < -0.39 is 5.97 Å². The van der Waals surface area contributed by atoms with Crippen molar-refractivity contribution in [1.82, 2.24) is 24.8 Å². The number of carbonyl (C=O) groups is 1. The van der Waals surface area contributed by atoms with Crippen molar-refractivity contribution < 1.29 is 14.6 Å². The summed E-state index contributed by atoms with van der Waals surface area (Å²) in [4.78, 5) is 15.6. The fourth-order valence-corrected chi connectivity index (χ4v) is 3.13. The Hall–Kier alpha value is -4.08. The molecular weight excluding hydrogens is 398 g/mol. The van der Waals surface area contributed by atoms with Gasteiger partial charge in [0.2, 0.25) is 11.5 Å². The zero-order valence-corrected chi connectivity index (χ0v) is 17.5. The van der Waals surface area contributed by atoms with Crippen LogP contribution in [0.4, 0.5) is 11.4 Å². The number of pyridine rings is 1. The number of methoxy groups -OCH3 is 1. The fourth-order valence-electron chi connectivity index (χ4n) is 3.13. The number of benzene rings is 1. The summed E-state index contributed by atoms with van der Waals surface area (Å²) >= 11 is 0. The lowest BCUT2D eigenvalue weighted by Crippen LogP contribution is -2.12. The number of aromatic carboxylic acids is 1. The van der Waals surface area contributed by atoms with Gasteiger partial charge in [0.25, 0.3) is 0 Å². The number of aromatic nitrogens is 5. The van der Waals surface area contributed by atoms with Crippen molar-refractivity contribution in [3.05, 3.63) is 53.9 Å². The van der Waals surface area contributed by atoms with E-state index in [2.05, 4.69) is 51.3 Å². The second-order valence-electron chi connectivity index (χ2n) is 7.87. The summed E-state index contributed by atoms with van der Waals surface area (Å²) in [7, 11) is 1.41. The summed E-state index contributed by atoms with van der Waals surface area (Å²) < 4.78 is 6.90. The van der Waals surface area contributed by atoms with Crippen LogP contribution in [0.5, 0.6) is 5.75 Å². The van der Waals surface area contributed by atoms with Gasteiger partial charge in [-0.25, -0.2) is 9.31 Å². The fraction of sp³-hybridized carbons (Fsp3) is 0.238. The van der Waals surface area contributed by atoms with Crippen molar-refractivity contribution in [2.75, 3.05) is 7.11 Å². The van der Waals surface area contributed by atoms with Gasteiger partial charge in [-0.15, -0.1) is 15.3 Å². The van der Waals surface area contributed by atoms with Gasteiger partial charge in [-0.3, -0.25) is 10.1 Å². The topological polar surface area (TPSA) is 130 Å². The third kappa shape index (κ3) is 3.75.